The highest BCUT2D eigenvalue weighted by atomic mass is 16.3. The summed E-state index contributed by atoms with van der Waals surface area (Å²) in [5.41, 5.74) is -0.00228. The molecule has 0 aromatic heterocycles. The fourth-order valence-electron chi connectivity index (χ4n) is 3.40. The standard InChI is InChI=1S/C14H28N2O/c1-3-16(10-12-5-4-6-12)13-7-8-14(9-13,11-17)15-2/h12-13,15,17H,3-11H2,1-2H3. The number of rotatable bonds is 6. The maximum absolute atomic E-state index is 9.55. The van der Waals surface area contributed by atoms with Crippen molar-refractivity contribution in [3.63, 3.8) is 0 Å². The van der Waals surface area contributed by atoms with E-state index in [0.29, 0.717) is 6.04 Å². The first-order valence-electron chi connectivity index (χ1n) is 7.27. The average molecular weight is 240 g/mol. The highest BCUT2D eigenvalue weighted by molar-refractivity contribution is 4.98. The van der Waals surface area contributed by atoms with Gasteiger partial charge >= 0.3 is 0 Å². The summed E-state index contributed by atoms with van der Waals surface area (Å²) in [5.74, 6) is 0.952. The zero-order valence-electron chi connectivity index (χ0n) is 11.4. The van der Waals surface area contributed by atoms with Gasteiger partial charge in [-0.15, -0.1) is 0 Å². The van der Waals surface area contributed by atoms with Crippen molar-refractivity contribution in [2.24, 2.45) is 5.92 Å². The highest BCUT2D eigenvalue weighted by Crippen LogP contribution is 2.35. The summed E-state index contributed by atoms with van der Waals surface area (Å²) < 4.78 is 0. The molecule has 17 heavy (non-hydrogen) atoms. The third-order valence-corrected chi connectivity index (χ3v) is 5.06. The van der Waals surface area contributed by atoms with Gasteiger partial charge < -0.3 is 15.3 Å². The minimum atomic E-state index is -0.00228. The number of nitrogens with zero attached hydrogens (tertiary/aromatic N) is 1. The van der Waals surface area contributed by atoms with Crippen LogP contribution in [0, 0.1) is 5.92 Å². The van der Waals surface area contributed by atoms with Crippen molar-refractivity contribution in [1.29, 1.82) is 0 Å². The zero-order chi connectivity index (χ0) is 12.3. The number of aliphatic hydroxyl groups excluding tert-OH is 1. The second-order valence-electron chi connectivity index (χ2n) is 5.97. The van der Waals surface area contributed by atoms with Gasteiger partial charge in [-0.3, -0.25) is 0 Å². The van der Waals surface area contributed by atoms with Crippen LogP contribution in [-0.4, -0.2) is 48.3 Å². The second kappa shape index (κ2) is 5.68. The van der Waals surface area contributed by atoms with E-state index >= 15 is 0 Å². The Morgan fingerprint density at radius 1 is 1.35 bits per heavy atom. The molecular weight excluding hydrogens is 212 g/mol. The number of aliphatic hydroxyl groups is 1. The summed E-state index contributed by atoms with van der Waals surface area (Å²) in [4.78, 5) is 2.65. The molecule has 0 spiro atoms. The van der Waals surface area contributed by atoms with Gasteiger partial charge in [-0.05, 0) is 51.6 Å². The summed E-state index contributed by atoms with van der Waals surface area (Å²) in [5, 5.41) is 12.9. The molecule has 0 aromatic rings. The molecule has 100 valence electrons. The SMILES string of the molecule is CCN(CC1CCC1)C1CCC(CO)(NC)C1. The Kier molecular flexibility index (Phi) is 4.45. The summed E-state index contributed by atoms with van der Waals surface area (Å²) in [7, 11) is 1.99. The van der Waals surface area contributed by atoms with Crippen LogP contribution in [0.2, 0.25) is 0 Å². The summed E-state index contributed by atoms with van der Waals surface area (Å²) >= 11 is 0. The van der Waals surface area contributed by atoms with Crippen LogP contribution in [0.15, 0.2) is 0 Å². The topological polar surface area (TPSA) is 35.5 Å². The Balaban J connectivity index is 1.87. The summed E-state index contributed by atoms with van der Waals surface area (Å²) in [6.45, 7) is 5.00. The molecule has 0 aliphatic heterocycles. The molecule has 2 rings (SSSR count). The predicted octanol–water partition coefficient (Wildman–Crippen LogP) is 1.61. The molecule has 3 heteroatoms. The Hall–Kier alpha value is -0.120. The van der Waals surface area contributed by atoms with E-state index in [4.69, 9.17) is 0 Å². The van der Waals surface area contributed by atoms with Crippen LogP contribution in [0.25, 0.3) is 0 Å². The lowest BCUT2D eigenvalue weighted by atomic mass is 9.84. The molecule has 0 aromatic carbocycles. The Morgan fingerprint density at radius 3 is 2.53 bits per heavy atom. The maximum Gasteiger partial charge on any atom is 0.0613 e. The van der Waals surface area contributed by atoms with Crippen molar-refractivity contribution in [2.75, 3.05) is 26.7 Å². The summed E-state index contributed by atoms with van der Waals surface area (Å²) in [6.07, 6.45) is 7.76. The monoisotopic (exact) mass is 240 g/mol. The minimum Gasteiger partial charge on any atom is -0.394 e. The van der Waals surface area contributed by atoms with E-state index in [0.717, 1.165) is 25.3 Å². The van der Waals surface area contributed by atoms with Gasteiger partial charge in [-0.2, -0.15) is 0 Å². The summed E-state index contributed by atoms with van der Waals surface area (Å²) in [6, 6.07) is 0.681. The third kappa shape index (κ3) is 2.83. The molecule has 2 saturated carbocycles. The fraction of sp³-hybridized carbons (Fsp3) is 1.00. The van der Waals surface area contributed by atoms with Crippen LogP contribution >= 0.6 is 0 Å². The van der Waals surface area contributed by atoms with E-state index in [2.05, 4.69) is 17.1 Å². The number of nitrogens with one attached hydrogen (secondary N) is 1. The van der Waals surface area contributed by atoms with Crippen molar-refractivity contribution in [3.8, 4) is 0 Å². The van der Waals surface area contributed by atoms with Gasteiger partial charge in [-0.25, -0.2) is 0 Å². The van der Waals surface area contributed by atoms with E-state index in [9.17, 15) is 5.11 Å². The van der Waals surface area contributed by atoms with Gasteiger partial charge in [0.2, 0.25) is 0 Å². The molecule has 0 amide bonds. The zero-order valence-corrected chi connectivity index (χ0v) is 11.4. The first kappa shape index (κ1) is 13.3. The van der Waals surface area contributed by atoms with Crippen molar-refractivity contribution in [1.82, 2.24) is 10.2 Å². The van der Waals surface area contributed by atoms with Crippen LogP contribution in [0.3, 0.4) is 0 Å². The molecule has 2 aliphatic carbocycles. The van der Waals surface area contributed by atoms with Crippen molar-refractivity contribution < 1.29 is 5.11 Å². The van der Waals surface area contributed by atoms with Gasteiger partial charge in [0, 0.05) is 18.1 Å². The largest absolute Gasteiger partial charge is 0.394 e. The molecular formula is C14H28N2O. The molecule has 2 N–H and O–H groups in total. The van der Waals surface area contributed by atoms with E-state index < -0.39 is 0 Å². The van der Waals surface area contributed by atoms with Crippen molar-refractivity contribution >= 4 is 0 Å². The molecule has 2 aliphatic rings. The molecule has 0 bridgehead atoms. The number of hydrogen-bond donors (Lipinski definition) is 2. The average Bonchev–Trinajstić information content (AvgIpc) is 2.73. The number of likely N-dealkylation sites (N-methyl/N-ethyl adjacent to an activating group) is 1. The molecule has 3 nitrogen and oxygen atoms in total. The molecule has 2 fully saturated rings. The van der Waals surface area contributed by atoms with E-state index in [1.165, 1.54) is 32.2 Å². The van der Waals surface area contributed by atoms with Crippen molar-refractivity contribution in [2.45, 2.75) is 57.0 Å². The lowest BCUT2D eigenvalue weighted by Crippen LogP contribution is -2.46. The lowest BCUT2D eigenvalue weighted by molar-refractivity contribution is 0.122. The quantitative estimate of drug-likeness (QED) is 0.740. The molecule has 2 unspecified atom stereocenters. The van der Waals surface area contributed by atoms with Crippen LogP contribution in [-0.2, 0) is 0 Å². The smallest absolute Gasteiger partial charge is 0.0613 e. The fourth-order valence-corrected chi connectivity index (χ4v) is 3.40. The predicted molar refractivity (Wildman–Crippen MR) is 71.1 cm³/mol. The second-order valence-corrected chi connectivity index (χ2v) is 5.97. The Labute approximate surface area is 106 Å². The van der Waals surface area contributed by atoms with E-state index in [1.54, 1.807) is 0 Å². The van der Waals surface area contributed by atoms with Crippen LogP contribution in [0.5, 0.6) is 0 Å². The first-order chi connectivity index (χ1) is 8.23. The van der Waals surface area contributed by atoms with E-state index in [1.807, 2.05) is 7.05 Å². The molecule has 0 heterocycles. The molecule has 0 radical (unpaired) electrons. The van der Waals surface area contributed by atoms with Crippen LogP contribution < -0.4 is 5.32 Å². The van der Waals surface area contributed by atoms with Gasteiger partial charge in [0.1, 0.15) is 0 Å². The van der Waals surface area contributed by atoms with E-state index in [-0.39, 0.29) is 12.1 Å². The molecule has 0 saturated heterocycles. The maximum atomic E-state index is 9.55. The van der Waals surface area contributed by atoms with Gasteiger partial charge in [0.25, 0.3) is 0 Å². The third-order valence-electron chi connectivity index (χ3n) is 5.06. The highest BCUT2D eigenvalue weighted by Gasteiger charge is 2.39. The van der Waals surface area contributed by atoms with Gasteiger partial charge in [0.05, 0.1) is 6.61 Å². The lowest BCUT2D eigenvalue weighted by Gasteiger charge is -2.36. The first-order valence-corrected chi connectivity index (χ1v) is 7.27. The minimum absolute atomic E-state index is 0.00228. The van der Waals surface area contributed by atoms with Gasteiger partial charge in [0.15, 0.2) is 0 Å². The van der Waals surface area contributed by atoms with Crippen LogP contribution in [0.4, 0.5) is 0 Å². The Morgan fingerprint density at radius 2 is 2.12 bits per heavy atom. The molecule has 2 atom stereocenters. The Bertz CT molecular complexity index is 236. The normalized spacial score (nSPS) is 34.2. The van der Waals surface area contributed by atoms with Crippen LogP contribution in [0.1, 0.15) is 45.4 Å². The van der Waals surface area contributed by atoms with Gasteiger partial charge in [-0.1, -0.05) is 13.3 Å². The van der Waals surface area contributed by atoms with Crippen molar-refractivity contribution in [3.05, 3.63) is 0 Å². The number of hydrogen-bond acceptors (Lipinski definition) is 3.